The van der Waals surface area contributed by atoms with Gasteiger partial charge < -0.3 is 9.80 Å². The molecule has 2 saturated heterocycles. The van der Waals surface area contributed by atoms with Crippen LogP contribution in [-0.4, -0.2) is 71.9 Å². The number of rotatable bonds is 7. The fourth-order valence-corrected chi connectivity index (χ4v) is 5.78. The normalized spacial score (nSPS) is 21.3. The molecule has 0 bridgehead atoms. The summed E-state index contributed by atoms with van der Waals surface area (Å²) >= 11 is 1.76. The number of piperidine rings is 2. The highest BCUT2D eigenvalue weighted by atomic mass is 32.1. The summed E-state index contributed by atoms with van der Waals surface area (Å²) < 4.78 is 0. The maximum Gasteiger partial charge on any atom is 0.222 e. The number of aromatic nitrogens is 1. The summed E-state index contributed by atoms with van der Waals surface area (Å²) in [6.07, 6.45) is 6.38. The monoisotopic (exact) mass is 440 g/mol. The molecule has 1 aromatic heterocycles. The van der Waals surface area contributed by atoms with E-state index < -0.39 is 0 Å². The van der Waals surface area contributed by atoms with Crippen LogP contribution in [0.2, 0.25) is 0 Å². The molecule has 168 valence electrons. The van der Waals surface area contributed by atoms with Crippen LogP contribution in [0.1, 0.15) is 43.5 Å². The number of hydrogen-bond acceptors (Lipinski definition) is 5. The summed E-state index contributed by atoms with van der Waals surface area (Å²) in [5, 5.41) is 3.36. The van der Waals surface area contributed by atoms with Gasteiger partial charge in [0.15, 0.2) is 0 Å². The van der Waals surface area contributed by atoms with Gasteiger partial charge >= 0.3 is 0 Å². The first kappa shape index (κ1) is 22.4. The number of hydrogen-bond donors (Lipinski definition) is 0. The Morgan fingerprint density at radius 2 is 1.94 bits per heavy atom. The molecule has 4 rings (SSSR count). The highest BCUT2D eigenvalue weighted by Crippen LogP contribution is 2.26. The van der Waals surface area contributed by atoms with E-state index in [0.717, 1.165) is 57.7 Å². The lowest BCUT2D eigenvalue weighted by Crippen LogP contribution is -2.44. The first-order chi connectivity index (χ1) is 15.1. The average molecular weight is 441 g/mol. The van der Waals surface area contributed by atoms with E-state index >= 15 is 0 Å². The van der Waals surface area contributed by atoms with Gasteiger partial charge in [-0.05, 0) is 64.7 Å². The van der Waals surface area contributed by atoms with Gasteiger partial charge in [0, 0.05) is 37.0 Å². The summed E-state index contributed by atoms with van der Waals surface area (Å²) in [7, 11) is 4.18. The van der Waals surface area contributed by atoms with Crippen LogP contribution < -0.4 is 0 Å². The summed E-state index contributed by atoms with van der Waals surface area (Å²) in [6.45, 7) is 5.36. The van der Waals surface area contributed by atoms with Crippen molar-refractivity contribution in [2.24, 2.45) is 5.92 Å². The molecule has 0 spiro atoms. The minimum absolute atomic E-state index is 0.333. The Bertz CT molecular complexity index is 831. The quantitative estimate of drug-likeness (QED) is 0.642. The first-order valence-electron chi connectivity index (χ1n) is 11.7. The number of carbonyl (C=O) groups excluding carboxylic acids is 1. The third-order valence-electron chi connectivity index (χ3n) is 6.98. The molecule has 6 heteroatoms. The fourth-order valence-electron chi connectivity index (χ4n) is 4.94. The van der Waals surface area contributed by atoms with Crippen LogP contribution >= 0.6 is 11.3 Å². The van der Waals surface area contributed by atoms with Crippen molar-refractivity contribution in [3.8, 4) is 11.3 Å². The topological polar surface area (TPSA) is 39.7 Å². The maximum absolute atomic E-state index is 12.8. The molecule has 2 aliphatic heterocycles. The molecule has 0 saturated carbocycles. The van der Waals surface area contributed by atoms with E-state index in [1.807, 2.05) is 18.0 Å². The molecule has 1 aromatic carbocycles. The Kier molecular flexibility index (Phi) is 7.75. The molecule has 2 aliphatic rings. The molecule has 3 heterocycles. The van der Waals surface area contributed by atoms with Gasteiger partial charge in [0.25, 0.3) is 0 Å². The predicted molar refractivity (Wildman–Crippen MR) is 128 cm³/mol. The molecule has 1 amide bonds. The zero-order valence-corrected chi connectivity index (χ0v) is 19.8. The second-order valence-electron chi connectivity index (χ2n) is 9.31. The number of likely N-dealkylation sites (tertiary alicyclic amines) is 2. The lowest BCUT2D eigenvalue weighted by molar-refractivity contribution is -0.133. The van der Waals surface area contributed by atoms with Gasteiger partial charge in [-0.15, -0.1) is 11.3 Å². The summed E-state index contributed by atoms with van der Waals surface area (Å²) in [5.74, 6) is 0.955. The Morgan fingerprint density at radius 1 is 1.16 bits per heavy atom. The Labute approximate surface area is 191 Å². The first-order valence-corrected chi connectivity index (χ1v) is 12.6. The minimum atomic E-state index is 0.333. The molecule has 0 aliphatic carbocycles. The molecular weight excluding hydrogens is 404 g/mol. The van der Waals surface area contributed by atoms with Crippen molar-refractivity contribution in [2.75, 3.05) is 40.3 Å². The number of thiazole rings is 1. The molecule has 1 atom stereocenters. The third-order valence-corrected chi connectivity index (χ3v) is 7.81. The van der Waals surface area contributed by atoms with Crippen molar-refractivity contribution in [3.05, 3.63) is 40.7 Å². The molecule has 1 unspecified atom stereocenters. The van der Waals surface area contributed by atoms with Crippen molar-refractivity contribution < 1.29 is 4.79 Å². The van der Waals surface area contributed by atoms with Gasteiger partial charge in [-0.2, -0.15) is 0 Å². The fraction of sp³-hybridized carbons (Fsp3) is 0.600. The van der Waals surface area contributed by atoms with Crippen molar-refractivity contribution in [2.45, 2.75) is 51.1 Å². The number of nitrogens with zero attached hydrogens (tertiary/aromatic N) is 4. The van der Waals surface area contributed by atoms with Crippen molar-refractivity contribution >= 4 is 17.2 Å². The van der Waals surface area contributed by atoms with E-state index in [9.17, 15) is 4.79 Å². The van der Waals surface area contributed by atoms with Gasteiger partial charge in [0.1, 0.15) is 5.01 Å². The van der Waals surface area contributed by atoms with Gasteiger partial charge in [0.2, 0.25) is 5.91 Å². The lowest BCUT2D eigenvalue weighted by atomic mass is 9.93. The SMILES string of the molecule is CN1CCC(N(C)C(=O)CCC2CCCN(Cc3nc(-c4ccccc4)cs3)C2)CC1. The number of benzene rings is 1. The lowest BCUT2D eigenvalue weighted by Gasteiger charge is -2.36. The van der Waals surface area contributed by atoms with Crippen molar-refractivity contribution in [1.29, 1.82) is 0 Å². The molecule has 0 N–H and O–H groups in total. The highest BCUT2D eigenvalue weighted by Gasteiger charge is 2.26. The number of amides is 1. The molecule has 0 radical (unpaired) electrons. The van der Waals surface area contributed by atoms with E-state index in [0.29, 0.717) is 24.3 Å². The Hall–Kier alpha value is -1.76. The highest BCUT2D eigenvalue weighted by molar-refractivity contribution is 7.09. The van der Waals surface area contributed by atoms with E-state index in [2.05, 4.69) is 46.5 Å². The number of carbonyl (C=O) groups is 1. The van der Waals surface area contributed by atoms with Gasteiger partial charge in [-0.25, -0.2) is 4.98 Å². The Balaban J connectivity index is 1.23. The second-order valence-corrected chi connectivity index (χ2v) is 10.3. The maximum atomic E-state index is 12.8. The third kappa shape index (κ3) is 6.15. The molecule has 31 heavy (non-hydrogen) atoms. The van der Waals surface area contributed by atoms with Crippen LogP contribution in [0.5, 0.6) is 0 Å². The predicted octanol–water partition coefficient (Wildman–Crippen LogP) is 4.35. The van der Waals surface area contributed by atoms with Gasteiger partial charge in [-0.3, -0.25) is 9.69 Å². The standard InChI is InChI=1S/C25H36N4OS/c1-27-15-12-22(13-16-27)28(2)25(30)11-10-20-7-6-14-29(17-20)18-24-26-23(19-31-24)21-8-4-3-5-9-21/h3-5,8-9,19-20,22H,6-7,10-18H2,1-2H3. The second kappa shape index (κ2) is 10.7. The van der Waals surface area contributed by atoms with E-state index in [1.54, 1.807) is 11.3 Å². The van der Waals surface area contributed by atoms with Gasteiger partial charge in [0.05, 0.1) is 12.2 Å². The van der Waals surface area contributed by atoms with Crippen LogP contribution in [0.15, 0.2) is 35.7 Å². The average Bonchev–Trinajstić information content (AvgIpc) is 3.27. The van der Waals surface area contributed by atoms with Crippen molar-refractivity contribution in [1.82, 2.24) is 19.7 Å². The van der Waals surface area contributed by atoms with Crippen LogP contribution in [0, 0.1) is 5.92 Å². The Morgan fingerprint density at radius 3 is 2.71 bits per heavy atom. The molecule has 5 nitrogen and oxygen atoms in total. The van der Waals surface area contributed by atoms with Crippen LogP contribution in [0.4, 0.5) is 0 Å². The van der Waals surface area contributed by atoms with Crippen LogP contribution in [-0.2, 0) is 11.3 Å². The zero-order valence-electron chi connectivity index (χ0n) is 19.0. The molecule has 2 aromatic rings. The van der Waals surface area contributed by atoms with E-state index in [-0.39, 0.29) is 0 Å². The summed E-state index contributed by atoms with van der Waals surface area (Å²) in [6, 6.07) is 10.8. The van der Waals surface area contributed by atoms with Crippen LogP contribution in [0.25, 0.3) is 11.3 Å². The molecular formula is C25H36N4OS. The minimum Gasteiger partial charge on any atom is -0.343 e. The summed E-state index contributed by atoms with van der Waals surface area (Å²) in [5.41, 5.74) is 2.27. The zero-order chi connectivity index (χ0) is 21.6. The smallest absolute Gasteiger partial charge is 0.222 e. The molecule has 2 fully saturated rings. The van der Waals surface area contributed by atoms with Crippen molar-refractivity contribution in [3.63, 3.8) is 0 Å². The summed E-state index contributed by atoms with van der Waals surface area (Å²) in [4.78, 5) is 24.6. The van der Waals surface area contributed by atoms with Crippen LogP contribution in [0.3, 0.4) is 0 Å². The van der Waals surface area contributed by atoms with Gasteiger partial charge in [-0.1, -0.05) is 30.3 Å². The largest absolute Gasteiger partial charge is 0.343 e. The van der Waals surface area contributed by atoms with E-state index in [4.69, 9.17) is 4.98 Å². The van der Waals surface area contributed by atoms with E-state index in [1.165, 1.54) is 23.4 Å².